The molecule has 2 rings (SSSR count). The molecule has 0 radical (unpaired) electrons. The van der Waals surface area contributed by atoms with Gasteiger partial charge in [0.15, 0.2) is 0 Å². The van der Waals surface area contributed by atoms with Crippen LogP contribution in [0.4, 0.5) is 0 Å². The fraction of sp³-hybridized carbons (Fsp3) is 0.550. The fourth-order valence-corrected chi connectivity index (χ4v) is 3.17. The number of aliphatic hydroxyl groups excluding tert-OH is 1. The molecule has 1 aromatic heterocycles. The topological polar surface area (TPSA) is 50.1 Å². The van der Waals surface area contributed by atoms with Crippen molar-refractivity contribution in [2.45, 2.75) is 53.5 Å². The Morgan fingerprint density at radius 1 is 1.21 bits per heavy atom. The minimum absolute atomic E-state index is 0.00887. The van der Waals surface area contributed by atoms with Crippen LogP contribution in [0.25, 0.3) is 5.69 Å². The van der Waals surface area contributed by atoms with Crippen LogP contribution >= 0.6 is 0 Å². The predicted molar refractivity (Wildman–Crippen MR) is 99.6 cm³/mol. The van der Waals surface area contributed by atoms with Gasteiger partial charge in [0.25, 0.3) is 0 Å². The van der Waals surface area contributed by atoms with Crippen molar-refractivity contribution >= 4 is 0 Å². The second-order valence-corrected chi connectivity index (χ2v) is 7.43. The number of benzene rings is 1. The molecule has 0 bridgehead atoms. The molecule has 2 N–H and O–H groups in total. The lowest BCUT2D eigenvalue weighted by atomic mass is 9.89. The summed E-state index contributed by atoms with van der Waals surface area (Å²) in [7, 11) is 0. The van der Waals surface area contributed by atoms with Crippen molar-refractivity contribution in [3.05, 3.63) is 47.3 Å². The zero-order valence-electron chi connectivity index (χ0n) is 15.6. The number of nitrogens with zero attached hydrogens (tertiary/aromatic N) is 2. The molecule has 0 saturated heterocycles. The summed E-state index contributed by atoms with van der Waals surface area (Å²) in [6.45, 7) is 11.8. The van der Waals surface area contributed by atoms with Crippen LogP contribution in [0.15, 0.2) is 30.3 Å². The van der Waals surface area contributed by atoms with Crippen LogP contribution in [0.1, 0.15) is 56.6 Å². The van der Waals surface area contributed by atoms with Crippen molar-refractivity contribution in [1.29, 1.82) is 0 Å². The number of aromatic nitrogens is 2. The molecule has 1 aromatic carbocycles. The van der Waals surface area contributed by atoms with Gasteiger partial charge in [-0.3, -0.25) is 0 Å². The van der Waals surface area contributed by atoms with E-state index in [2.05, 4.69) is 52.1 Å². The Kier molecular flexibility index (Phi) is 6.19. The quantitative estimate of drug-likeness (QED) is 0.721. The number of nitrogens with one attached hydrogen (secondary N) is 1. The monoisotopic (exact) mass is 329 g/mol. The number of aliphatic hydroxyl groups is 1. The molecule has 1 heterocycles. The smallest absolute Gasteiger partial charge is 0.0648 e. The number of hydrogen-bond acceptors (Lipinski definition) is 3. The number of aryl methyl sites for hydroxylation is 1. The Balaban J connectivity index is 2.03. The van der Waals surface area contributed by atoms with Crippen molar-refractivity contribution in [3.8, 4) is 5.69 Å². The lowest BCUT2D eigenvalue weighted by Crippen LogP contribution is -2.24. The Morgan fingerprint density at radius 3 is 2.50 bits per heavy atom. The van der Waals surface area contributed by atoms with Gasteiger partial charge < -0.3 is 10.4 Å². The van der Waals surface area contributed by atoms with Crippen LogP contribution in [-0.4, -0.2) is 28.0 Å². The summed E-state index contributed by atoms with van der Waals surface area (Å²) in [6, 6.07) is 10.5. The SMILES string of the molecule is Cc1nn(-c2ccccc2)c(C)c1C(C)NCCCC(C)(C)CO. The molecule has 24 heavy (non-hydrogen) atoms. The maximum Gasteiger partial charge on any atom is 0.0648 e. The average molecular weight is 329 g/mol. The van der Waals surface area contributed by atoms with Crippen LogP contribution in [0.2, 0.25) is 0 Å². The summed E-state index contributed by atoms with van der Waals surface area (Å²) >= 11 is 0. The van der Waals surface area contributed by atoms with Crippen LogP contribution in [0.3, 0.4) is 0 Å². The largest absolute Gasteiger partial charge is 0.396 e. The maximum atomic E-state index is 9.33. The summed E-state index contributed by atoms with van der Waals surface area (Å²) in [5, 5.41) is 17.7. The molecular formula is C20H31N3O. The van der Waals surface area contributed by atoms with Gasteiger partial charge >= 0.3 is 0 Å². The second-order valence-electron chi connectivity index (χ2n) is 7.43. The first-order valence-corrected chi connectivity index (χ1v) is 8.81. The van der Waals surface area contributed by atoms with Crippen molar-refractivity contribution in [1.82, 2.24) is 15.1 Å². The molecule has 4 heteroatoms. The molecule has 0 fully saturated rings. The van der Waals surface area contributed by atoms with Crippen LogP contribution in [0.5, 0.6) is 0 Å². The Bertz CT molecular complexity index is 646. The highest BCUT2D eigenvalue weighted by Crippen LogP contribution is 2.25. The van der Waals surface area contributed by atoms with Gasteiger partial charge in [-0.25, -0.2) is 4.68 Å². The normalized spacial score (nSPS) is 13.2. The van der Waals surface area contributed by atoms with Gasteiger partial charge in [0.2, 0.25) is 0 Å². The van der Waals surface area contributed by atoms with E-state index in [1.54, 1.807) is 0 Å². The van der Waals surface area contributed by atoms with Gasteiger partial charge in [0, 0.05) is 23.9 Å². The number of rotatable bonds is 8. The molecule has 132 valence electrons. The maximum absolute atomic E-state index is 9.33. The summed E-state index contributed by atoms with van der Waals surface area (Å²) in [6.07, 6.45) is 2.08. The minimum Gasteiger partial charge on any atom is -0.396 e. The van der Waals surface area contributed by atoms with E-state index >= 15 is 0 Å². The van der Waals surface area contributed by atoms with Gasteiger partial charge in [-0.2, -0.15) is 5.10 Å². The fourth-order valence-electron chi connectivity index (χ4n) is 3.17. The summed E-state index contributed by atoms with van der Waals surface area (Å²) in [4.78, 5) is 0. The molecule has 0 spiro atoms. The van der Waals surface area contributed by atoms with Crippen LogP contribution in [-0.2, 0) is 0 Å². The molecule has 0 aliphatic carbocycles. The molecular weight excluding hydrogens is 298 g/mol. The van der Waals surface area contributed by atoms with E-state index in [1.807, 2.05) is 22.9 Å². The third-order valence-electron chi connectivity index (χ3n) is 4.69. The third kappa shape index (κ3) is 4.46. The van der Waals surface area contributed by atoms with Gasteiger partial charge in [0.1, 0.15) is 0 Å². The Hall–Kier alpha value is -1.65. The van der Waals surface area contributed by atoms with E-state index in [0.717, 1.165) is 30.8 Å². The standard InChI is InChI=1S/C20H31N3O/c1-15(21-13-9-12-20(4,5)14-24)19-16(2)22-23(17(19)3)18-10-7-6-8-11-18/h6-8,10-11,15,21,24H,9,12-14H2,1-5H3. The Labute approximate surface area is 145 Å². The first-order valence-electron chi connectivity index (χ1n) is 8.81. The Morgan fingerprint density at radius 2 is 1.88 bits per heavy atom. The van der Waals surface area contributed by atoms with Crippen molar-refractivity contribution in [2.75, 3.05) is 13.2 Å². The molecule has 0 aliphatic rings. The molecule has 4 nitrogen and oxygen atoms in total. The van der Waals surface area contributed by atoms with E-state index < -0.39 is 0 Å². The number of hydrogen-bond donors (Lipinski definition) is 2. The van der Waals surface area contributed by atoms with Gasteiger partial charge in [-0.1, -0.05) is 32.0 Å². The van der Waals surface area contributed by atoms with Crippen molar-refractivity contribution < 1.29 is 5.11 Å². The molecule has 1 atom stereocenters. The lowest BCUT2D eigenvalue weighted by Gasteiger charge is -2.22. The first-order chi connectivity index (χ1) is 11.4. The minimum atomic E-state index is 0.00887. The second kappa shape index (κ2) is 7.95. The van der Waals surface area contributed by atoms with Crippen LogP contribution < -0.4 is 5.32 Å². The highest BCUT2D eigenvalue weighted by Gasteiger charge is 2.19. The van der Waals surface area contributed by atoms with Crippen molar-refractivity contribution in [3.63, 3.8) is 0 Å². The van der Waals surface area contributed by atoms with Gasteiger partial charge in [-0.15, -0.1) is 0 Å². The van der Waals surface area contributed by atoms with E-state index in [0.29, 0.717) is 0 Å². The van der Waals surface area contributed by atoms with E-state index in [9.17, 15) is 5.11 Å². The van der Waals surface area contributed by atoms with E-state index in [4.69, 9.17) is 5.10 Å². The van der Waals surface area contributed by atoms with Gasteiger partial charge in [0.05, 0.1) is 11.4 Å². The average Bonchev–Trinajstić information content (AvgIpc) is 2.87. The number of para-hydroxylation sites is 1. The highest BCUT2D eigenvalue weighted by atomic mass is 16.3. The predicted octanol–water partition coefficient (Wildman–Crippen LogP) is 3.94. The molecule has 2 aromatic rings. The zero-order chi connectivity index (χ0) is 17.7. The molecule has 1 unspecified atom stereocenters. The van der Waals surface area contributed by atoms with E-state index in [-0.39, 0.29) is 18.1 Å². The van der Waals surface area contributed by atoms with Crippen molar-refractivity contribution in [2.24, 2.45) is 5.41 Å². The molecule has 0 amide bonds. The summed E-state index contributed by atoms with van der Waals surface area (Å²) in [5.41, 5.74) is 4.65. The van der Waals surface area contributed by atoms with Gasteiger partial charge in [-0.05, 0) is 57.7 Å². The zero-order valence-corrected chi connectivity index (χ0v) is 15.6. The van der Waals surface area contributed by atoms with Crippen LogP contribution in [0, 0.1) is 19.3 Å². The third-order valence-corrected chi connectivity index (χ3v) is 4.69. The molecule has 0 saturated carbocycles. The first kappa shape index (κ1) is 18.7. The highest BCUT2D eigenvalue weighted by molar-refractivity contribution is 5.38. The molecule has 0 aliphatic heterocycles. The lowest BCUT2D eigenvalue weighted by molar-refractivity contribution is 0.147. The summed E-state index contributed by atoms with van der Waals surface area (Å²) < 4.78 is 2.03. The van der Waals surface area contributed by atoms with E-state index in [1.165, 1.54) is 11.3 Å². The summed E-state index contributed by atoms with van der Waals surface area (Å²) in [5.74, 6) is 0.